The van der Waals surface area contributed by atoms with E-state index >= 15 is 0 Å². The molecule has 0 aliphatic rings. The molecule has 0 radical (unpaired) electrons. The fourth-order valence-electron chi connectivity index (χ4n) is 4.16. The summed E-state index contributed by atoms with van der Waals surface area (Å²) in [6.07, 6.45) is 0.306. The number of aryl methyl sites for hydroxylation is 1. The molecule has 0 heterocycles. The van der Waals surface area contributed by atoms with E-state index in [0.717, 1.165) is 9.87 Å². The molecule has 0 saturated heterocycles. The number of carbonyl (C=O) groups is 2. The van der Waals surface area contributed by atoms with E-state index < -0.39 is 28.5 Å². The predicted molar refractivity (Wildman–Crippen MR) is 158 cm³/mol. The summed E-state index contributed by atoms with van der Waals surface area (Å²) in [5, 5.41) is 3.25. The van der Waals surface area contributed by atoms with Crippen molar-refractivity contribution >= 4 is 50.7 Å². The Labute approximate surface area is 245 Å². The molecule has 2 amide bonds. The molecule has 8 nitrogen and oxygen atoms in total. The third-order valence-corrected chi connectivity index (χ3v) is 8.82. The largest absolute Gasteiger partial charge is 0.494 e. The summed E-state index contributed by atoms with van der Waals surface area (Å²) < 4.78 is 34.3. The van der Waals surface area contributed by atoms with Gasteiger partial charge in [0.05, 0.1) is 27.2 Å². The molecule has 1 N–H and O–H groups in total. The number of anilines is 1. The number of carbonyl (C=O) groups excluding carboxylic acids is 2. The Morgan fingerprint density at radius 2 is 1.60 bits per heavy atom. The fourth-order valence-corrected chi connectivity index (χ4v) is 5.90. The van der Waals surface area contributed by atoms with Gasteiger partial charge in [0.1, 0.15) is 18.3 Å². The van der Waals surface area contributed by atoms with Gasteiger partial charge in [0.25, 0.3) is 10.0 Å². The first-order chi connectivity index (χ1) is 19.0. The summed E-state index contributed by atoms with van der Waals surface area (Å²) in [5.41, 5.74) is 1.81. The van der Waals surface area contributed by atoms with Crippen molar-refractivity contribution in [2.75, 3.05) is 24.5 Å². The van der Waals surface area contributed by atoms with Gasteiger partial charge in [-0.1, -0.05) is 53.9 Å². The number of sulfonamides is 1. The van der Waals surface area contributed by atoms with Crippen LogP contribution in [0.1, 0.15) is 31.4 Å². The van der Waals surface area contributed by atoms with Crippen molar-refractivity contribution in [1.82, 2.24) is 10.2 Å². The van der Waals surface area contributed by atoms with Gasteiger partial charge in [0, 0.05) is 13.6 Å². The molecule has 11 heteroatoms. The molecule has 3 aromatic rings. The van der Waals surface area contributed by atoms with Crippen LogP contribution in [0.15, 0.2) is 71.6 Å². The van der Waals surface area contributed by atoms with Crippen LogP contribution in [0, 0.1) is 6.92 Å². The zero-order valence-electron chi connectivity index (χ0n) is 22.9. The maximum atomic E-state index is 14.0. The number of likely N-dealkylation sites (N-methyl/N-ethyl adjacent to an activating group) is 1. The van der Waals surface area contributed by atoms with Crippen molar-refractivity contribution in [3.8, 4) is 5.75 Å². The molecule has 0 fully saturated rings. The summed E-state index contributed by atoms with van der Waals surface area (Å²) in [7, 11) is -2.68. The highest BCUT2D eigenvalue weighted by Gasteiger charge is 2.33. The van der Waals surface area contributed by atoms with Gasteiger partial charge in [0.2, 0.25) is 11.8 Å². The maximum absolute atomic E-state index is 14.0. The van der Waals surface area contributed by atoms with Gasteiger partial charge < -0.3 is 15.0 Å². The van der Waals surface area contributed by atoms with Crippen molar-refractivity contribution in [2.24, 2.45) is 0 Å². The second kappa shape index (κ2) is 13.9. The zero-order valence-corrected chi connectivity index (χ0v) is 25.2. The topological polar surface area (TPSA) is 96.0 Å². The Kier molecular flexibility index (Phi) is 10.8. The maximum Gasteiger partial charge on any atom is 0.264 e. The van der Waals surface area contributed by atoms with Crippen molar-refractivity contribution in [3.63, 3.8) is 0 Å². The highest BCUT2D eigenvalue weighted by atomic mass is 35.5. The summed E-state index contributed by atoms with van der Waals surface area (Å²) >= 11 is 12.3. The predicted octanol–water partition coefficient (Wildman–Crippen LogP) is 5.45. The lowest BCUT2D eigenvalue weighted by Crippen LogP contribution is -2.51. The molecule has 40 heavy (non-hydrogen) atoms. The summed E-state index contributed by atoms with van der Waals surface area (Å²) in [5.74, 6) is -0.367. The first-order valence-corrected chi connectivity index (χ1v) is 15.0. The monoisotopic (exact) mass is 605 g/mol. The lowest BCUT2D eigenvalue weighted by atomic mass is 10.1. The van der Waals surface area contributed by atoms with Crippen LogP contribution in [-0.4, -0.2) is 51.4 Å². The highest BCUT2D eigenvalue weighted by molar-refractivity contribution is 7.92. The number of hydrogen-bond donors (Lipinski definition) is 1. The number of halogens is 2. The molecule has 0 unspecified atom stereocenters. The van der Waals surface area contributed by atoms with E-state index in [-0.39, 0.29) is 23.0 Å². The van der Waals surface area contributed by atoms with Crippen LogP contribution >= 0.6 is 23.2 Å². The van der Waals surface area contributed by atoms with Crippen LogP contribution in [0.3, 0.4) is 0 Å². The van der Waals surface area contributed by atoms with E-state index in [9.17, 15) is 18.0 Å². The van der Waals surface area contributed by atoms with Crippen LogP contribution in [-0.2, 0) is 26.2 Å². The Balaban J connectivity index is 2.06. The first kappa shape index (κ1) is 31.3. The minimum absolute atomic E-state index is 0.0172. The summed E-state index contributed by atoms with van der Waals surface area (Å²) in [6, 6.07) is 16.9. The quantitative estimate of drug-likeness (QED) is 0.296. The third kappa shape index (κ3) is 7.47. The SMILES string of the molecule is CCOc1ccc(N(CC(=O)N(Cc2ccc(Cl)c(Cl)c2)[C@H](CC)C(=O)NC)S(=O)(=O)c2ccc(C)cc2)cc1. The molecule has 0 bridgehead atoms. The normalized spacial score (nSPS) is 11.9. The average molecular weight is 607 g/mol. The Hall–Kier alpha value is -3.27. The number of nitrogens with one attached hydrogen (secondary N) is 1. The number of benzene rings is 3. The van der Waals surface area contributed by atoms with Crippen LogP contribution in [0.4, 0.5) is 5.69 Å². The third-order valence-electron chi connectivity index (χ3n) is 6.29. The molecule has 0 aromatic heterocycles. The van der Waals surface area contributed by atoms with E-state index in [4.69, 9.17) is 27.9 Å². The number of rotatable bonds is 12. The Morgan fingerprint density at radius 1 is 0.950 bits per heavy atom. The van der Waals surface area contributed by atoms with E-state index in [0.29, 0.717) is 34.4 Å². The first-order valence-electron chi connectivity index (χ1n) is 12.8. The second-order valence-corrected chi connectivity index (χ2v) is 11.7. The van der Waals surface area contributed by atoms with E-state index in [1.54, 1.807) is 61.5 Å². The fraction of sp³-hybridized carbons (Fsp3) is 0.310. The van der Waals surface area contributed by atoms with Crippen molar-refractivity contribution in [3.05, 3.63) is 87.9 Å². The van der Waals surface area contributed by atoms with Crippen LogP contribution < -0.4 is 14.4 Å². The number of nitrogens with zero attached hydrogens (tertiary/aromatic N) is 2. The average Bonchev–Trinajstić information content (AvgIpc) is 2.94. The van der Waals surface area contributed by atoms with E-state index in [2.05, 4.69) is 5.32 Å². The highest BCUT2D eigenvalue weighted by Crippen LogP contribution is 2.28. The van der Waals surface area contributed by atoms with Crippen LogP contribution in [0.2, 0.25) is 10.0 Å². The van der Waals surface area contributed by atoms with Crippen molar-refractivity contribution < 1.29 is 22.7 Å². The van der Waals surface area contributed by atoms with Gasteiger partial charge in [-0.15, -0.1) is 0 Å². The Bertz CT molecular complexity index is 1430. The molecule has 0 saturated carbocycles. The molecule has 3 aromatic carbocycles. The molecule has 214 valence electrons. The molecule has 1 atom stereocenters. The van der Waals surface area contributed by atoms with E-state index in [1.165, 1.54) is 24.1 Å². The van der Waals surface area contributed by atoms with Gasteiger partial charge in [-0.3, -0.25) is 13.9 Å². The molecule has 3 rings (SSSR count). The summed E-state index contributed by atoms with van der Waals surface area (Å²) in [4.78, 5) is 28.2. The second-order valence-electron chi connectivity index (χ2n) is 9.06. The number of hydrogen-bond acceptors (Lipinski definition) is 5. The van der Waals surface area contributed by atoms with Gasteiger partial charge in [-0.25, -0.2) is 8.42 Å². The van der Waals surface area contributed by atoms with E-state index in [1.807, 2.05) is 13.8 Å². The lowest BCUT2D eigenvalue weighted by Gasteiger charge is -2.33. The molecule has 0 spiro atoms. The van der Waals surface area contributed by atoms with Gasteiger partial charge >= 0.3 is 0 Å². The van der Waals surface area contributed by atoms with Gasteiger partial charge in [-0.05, 0) is 74.4 Å². The lowest BCUT2D eigenvalue weighted by molar-refractivity contribution is -0.140. The minimum atomic E-state index is -4.16. The van der Waals surface area contributed by atoms with Crippen molar-refractivity contribution in [1.29, 1.82) is 0 Å². The number of ether oxygens (including phenoxy) is 1. The standard InChI is InChI=1S/C29H33Cl2N3O5S/c1-5-27(29(36)32-4)33(18-21-9-16-25(30)26(31)17-21)28(35)19-34(22-10-12-23(13-11-22)39-6-2)40(37,38)24-14-7-20(3)8-15-24/h7-17,27H,5-6,18-19H2,1-4H3,(H,32,36)/t27-/m1/s1. The molecular weight excluding hydrogens is 573 g/mol. The van der Waals surface area contributed by atoms with Gasteiger partial charge in [0.15, 0.2) is 0 Å². The minimum Gasteiger partial charge on any atom is -0.494 e. The van der Waals surface area contributed by atoms with Crippen LogP contribution in [0.5, 0.6) is 5.75 Å². The zero-order chi connectivity index (χ0) is 29.4. The smallest absolute Gasteiger partial charge is 0.264 e. The molecule has 0 aliphatic carbocycles. The molecule has 0 aliphatic heterocycles. The van der Waals surface area contributed by atoms with Gasteiger partial charge in [-0.2, -0.15) is 0 Å². The number of amides is 2. The summed E-state index contributed by atoms with van der Waals surface area (Å²) in [6.45, 7) is 5.41. The van der Waals surface area contributed by atoms with Crippen LogP contribution in [0.25, 0.3) is 0 Å². The molecular formula is C29H33Cl2N3O5S. The van der Waals surface area contributed by atoms with Crippen molar-refractivity contribution in [2.45, 2.75) is 44.7 Å². The Morgan fingerprint density at radius 3 is 2.15 bits per heavy atom.